The minimum Gasteiger partial charge on any atom is -0.393 e. The molecule has 1 aromatic rings. The minimum atomic E-state index is -0.106. The van der Waals surface area contributed by atoms with Gasteiger partial charge in [-0.15, -0.1) is 0 Å². The number of nitrogens with two attached hydrogens (primary N) is 1. The standard InChI is InChI=1S/C17H26N2O/c1-12-2-6-16(7-3-12)19-10-13(8-15(18)11-19)9-17(20)14-4-5-14/h2-3,6-7,13-15,17,20H,4-5,8-11,18H2,1H3. The minimum absolute atomic E-state index is 0.106. The fourth-order valence-corrected chi connectivity index (χ4v) is 3.40. The van der Waals surface area contributed by atoms with Gasteiger partial charge in [0.15, 0.2) is 0 Å². The van der Waals surface area contributed by atoms with Crippen LogP contribution in [0, 0.1) is 18.8 Å². The van der Waals surface area contributed by atoms with Crippen molar-refractivity contribution in [3.8, 4) is 0 Å². The first-order valence-electron chi connectivity index (χ1n) is 7.87. The first kappa shape index (κ1) is 13.9. The zero-order valence-electron chi connectivity index (χ0n) is 12.3. The number of hydrogen-bond acceptors (Lipinski definition) is 3. The van der Waals surface area contributed by atoms with Gasteiger partial charge in [-0.05, 0) is 56.6 Å². The van der Waals surface area contributed by atoms with Crippen LogP contribution >= 0.6 is 0 Å². The van der Waals surface area contributed by atoms with Crippen LogP contribution in [0.5, 0.6) is 0 Å². The van der Waals surface area contributed by atoms with Crippen molar-refractivity contribution in [2.75, 3.05) is 18.0 Å². The van der Waals surface area contributed by atoms with Gasteiger partial charge >= 0.3 is 0 Å². The van der Waals surface area contributed by atoms with E-state index in [2.05, 4.69) is 36.1 Å². The zero-order chi connectivity index (χ0) is 14.1. The highest BCUT2D eigenvalue weighted by atomic mass is 16.3. The molecule has 0 aromatic heterocycles. The molecule has 110 valence electrons. The molecule has 1 aliphatic carbocycles. The van der Waals surface area contributed by atoms with E-state index in [1.54, 1.807) is 0 Å². The summed E-state index contributed by atoms with van der Waals surface area (Å²) in [6, 6.07) is 8.90. The van der Waals surface area contributed by atoms with Crippen molar-refractivity contribution in [3.63, 3.8) is 0 Å². The van der Waals surface area contributed by atoms with Crippen LogP contribution in [0.25, 0.3) is 0 Å². The summed E-state index contributed by atoms with van der Waals surface area (Å²) in [6.07, 6.45) is 4.28. The van der Waals surface area contributed by atoms with E-state index in [4.69, 9.17) is 5.73 Å². The van der Waals surface area contributed by atoms with Gasteiger partial charge in [0, 0.05) is 24.8 Å². The number of aliphatic hydroxyl groups excluding tert-OH is 1. The second-order valence-corrected chi connectivity index (χ2v) is 6.74. The van der Waals surface area contributed by atoms with E-state index in [0.29, 0.717) is 11.8 Å². The van der Waals surface area contributed by atoms with Crippen molar-refractivity contribution < 1.29 is 5.11 Å². The molecule has 1 heterocycles. The normalized spacial score (nSPS) is 28.4. The maximum atomic E-state index is 10.2. The van der Waals surface area contributed by atoms with Crippen LogP contribution in [-0.2, 0) is 0 Å². The number of anilines is 1. The van der Waals surface area contributed by atoms with Gasteiger partial charge in [-0.3, -0.25) is 0 Å². The van der Waals surface area contributed by atoms with Gasteiger partial charge in [0.25, 0.3) is 0 Å². The van der Waals surface area contributed by atoms with Gasteiger partial charge < -0.3 is 15.7 Å². The average molecular weight is 274 g/mol. The second kappa shape index (κ2) is 5.74. The third-order valence-corrected chi connectivity index (χ3v) is 4.71. The van der Waals surface area contributed by atoms with E-state index in [0.717, 1.165) is 25.9 Å². The molecular weight excluding hydrogens is 248 g/mol. The van der Waals surface area contributed by atoms with Crippen LogP contribution in [0.1, 0.15) is 31.2 Å². The van der Waals surface area contributed by atoms with Gasteiger partial charge in [0.2, 0.25) is 0 Å². The predicted molar refractivity (Wildman–Crippen MR) is 82.8 cm³/mol. The maximum Gasteiger partial charge on any atom is 0.0571 e. The van der Waals surface area contributed by atoms with E-state index in [1.165, 1.54) is 24.1 Å². The molecule has 1 saturated carbocycles. The lowest BCUT2D eigenvalue weighted by molar-refractivity contribution is 0.114. The maximum absolute atomic E-state index is 10.2. The number of aliphatic hydroxyl groups is 1. The lowest BCUT2D eigenvalue weighted by atomic mass is 9.88. The van der Waals surface area contributed by atoms with E-state index < -0.39 is 0 Å². The lowest BCUT2D eigenvalue weighted by Crippen LogP contribution is -2.47. The fourth-order valence-electron chi connectivity index (χ4n) is 3.40. The summed E-state index contributed by atoms with van der Waals surface area (Å²) in [5.41, 5.74) is 8.78. The molecule has 0 radical (unpaired) electrons. The van der Waals surface area contributed by atoms with Gasteiger partial charge in [-0.2, -0.15) is 0 Å². The molecule has 3 heteroatoms. The molecule has 3 N–H and O–H groups in total. The van der Waals surface area contributed by atoms with Crippen LogP contribution in [0.15, 0.2) is 24.3 Å². The first-order chi connectivity index (χ1) is 9.61. The van der Waals surface area contributed by atoms with Crippen molar-refractivity contribution in [1.29, 1.82) is 0 Å². The molecule has 1 aromatic carbocycles. The van der Waals surface area contributed by atoms with Crippen LogP contribution in [-0.4, -0.2) is 30.3 Å². The summed E-state index contributed by atoms with van der Waals surface area (Å²) < 4.78 is 0. The Morgan fingerprint density at radius 2 is 1.95 bits per heavy atom. The molecule has 3 nitrogen and oxygen atoms in total. The highest BCUT2D eigenvalue weighted by Gasteiger charge is 2.33. The van der Waals surface area contributed by atoms with Crippen molar-refractivity contribution in [3.05, 3.63) is 29.8 Å². The molecule has 3 atom stereocenters. The fraction of sp³-hybridized carbons (Fsp3) is 0.647. The molecule has 2 fully saturated rings. The Kier molecular flexibility index (Phi) is 3.99. The predicted octanol–water partition coefficient (Wildman–Crippen LogP) is 2.31. The monoisotopic (exact) mass is 274 g/mol. The third kappa shape index (κ3) is 3.33. The van der Waals surface area contributed by atoms with Crippen LogP contribution in [0.2, 0.25) is 0 Å². The Morgan fingerprint density at radius 3 is 2.60 bits per heavy atom. The summed E-state index contributed by atoms with van der Waals surface area (Å²) in [4.78, 5) is 2.39. The Morgan fingerprint density at radius 1 is 1.25 bits per heavy atom. The van der Waals surface area contributed by atoms with Crippen LogP contribution < -0.4 is 10.6 Å². The highest BCUT2D eigenvalue weighted by molar-refractivity contribution is 5.48. The van der Waals surface area contributed by atoms with Gasteiger partial charge in [-0.1, -0.05) is 17.7 Å². The zero-order valence-corrected chi connectivity index (χ0v) is 12.3. The van der Waals surface area contributed by atoms with E-state index in [9.17, 15) is 5.11 Å². The van der Waals surface area contributed by atoms with E-state index >= 15 is 0 Å². The quantitative estimate of drug-likeness (QED) is 0.886. The first-order valence-corrected chi connectivity index (χ1v) is 7.87. The Balaban J connectivity index is 1.64. The third-order valence-electron chi connectivity index (χ3n) is 4.71. The van der Waals surface area contributed by atoms with E-state index in [1.807, 2.05) is 0 Å². The van der Waals surface area contributed by atoms with Crippen molar-refractivity contribution in [2.24, 2.45) is 17.6 Å². The van der Waals surface area contributed by atoms with Crippen LogP contribution in [0.3, 0.4) is 0 Å². The summed E-state index contributed by atoms with van der Waals surface area (Å²) >= 11 is 0. The number of benzene rings is 1. The number of piperidine rings is 1. The Hall–Kier alpha value is -1.06. The topological polar surface area (TPSA) is 49.5 Å². The van der Waals surface area contributed by atoms with Crippen molar-refractivity contribution in [2.45, 2.75) is 44.8 Å². The number of rotatable bonds is 4. The molecular formula is C17H26N2O. The Labute approximate surface area is 121 Å². The summed E-state index contributed by atoms with van der Waals surface area (Å²) in [6.45, 7) is 4.07. The van der Waals surface area contributed by atoms with Gasteiger partial charge in [0.1, 0.15) is 0 Å². The molecule has 0 amide bonds. The van der Waals surface area contributed by atoms with Gasteiger partial charge in [-0.25, -0.2) is 0 Å². The molecule has 0 spiro atoms. The average Bonchev–Trinajstić information content (AvgIpc) is 3.23. The number of nitrogens with zero attached hydrogens (tertiary/aromatic N) is 1. The highest BCUT2D eigenvalue weighted by Crippen LogP contribution is 2.36. The van der Waals surface area contributed by atoms with Crippen LogP contribution in [0.4, 0.5) is 5.69 Å². The molecule has 1 saturated heterocycles. The second-order valence-electron chi connectivity index (χ2n) is 6.74. The molecule has 1 aliphatic heterocycles. The van der Waals surface area contributed by atoms with E-state index in [-0.39, 0.29) is 12.1 Å². The van der Waals surface area contributed by atoms with Crippen molar-refractivity contribution in [1.82, 2.24) is 0 Å². The molecule has 3 unspecified atom stereocenters. The SMILES string of the molecule is Cc1ccc(N2CC(N)CC(CC(O)C3CC3)C2)cc1. The molecule has 20 heavy (non-hydrogen) atoms. The number of hydrogen-bond donors (Lipinski definition) is 2. The summed E-state index contributed by atoms with van der Waals surface area (Å²) in [5, 5.41) is 10.2. The largest absolute Gasteiger partial charge is 0.393 e. The Bertz CT molecular complexity index is 441. The lowest BCUT2D eigenvalue weighted by Gasteiger charge is -2.38. The number of aryl methyl sites for hydroxylation is 1. The van der Waals surface area contributed by atoms with Gasteiger partial charge in [0.05, 0.1) is 6.10 Å². The summed E-state index contributed by atoms with van der Waals surface area (Å²) in [5.74, 6) is 1.09. The summed E-state index contributed by atoms with van der Waals surface area (Å²) in [7, 11) is 0. The molecule has 2 aliphatic rings. The molecule has 3 rings (SSSR count). The van der Waals surface area contributed by atoms with Crippen molar-refractivity contribution >= 4 is 5.69 Å². The molecule has 0 bridgehead atoms. The smallest absolute Gasteiger partial charge is 0.0571 e.